The fourth-order valence-electron chi connectivity index (χ4n) is 4.04. The summed E-state index contributed by atoms with van der Waals surface area (Å²) in [4.78, 5) is 21.4. The molecular formula is C22H26F2N6O2S. The molecule has 11 heteroatoms. The SMILES string of the molecule is CCCSc1nc(N[C@@H]2C[C@H](C)[C@@H](O)C2=O)c(N=N)c(N[C@@H]2C[C@H]2c2ccc(F)c(F)c2)n1. The van der Waals surface area contributed by atoms with Gasteiger partial charge in [0.2, 0.25) is 0 Å². The maximum atomic E-state index is 13.6. The van der Waals surface area contributed by atoms with E-state index >= 15 is 0 Å². The molecule has 2 aliphatic carbocycles. The van der Waals surface area contributed by atoms with Crippen molar-refractivity contribution in [2.75, 3.05) is 16.4 Å². The van der Waals surface area contributed by atoms with E-state index in [0.717, 1.165) is 18.2 Å². The molecule has 0 spiro atoms. The molecule has 1 heterocycles. The van der Waals surface area contributed by atoms with Crippen molar-refractivity contribution in [3.8, 4) is 0 Å². The van der Waals surface area contributed by atoms with Crippen LogP contribution in [0.1, 0.15) is 44.6 Å². The van der Waals surface area contributed by atoms with Gasteiger partial charge in [-0.25, -0.2) is 24.3 Å². The normalized spacial score (nSPS) is 26.3. The Kier molecular flexibility index (Phi) is 6.89. The maximum Gasteiger partial charge on any atom is 0.191 e. The molecule has 2 fully saturated rings. The zero-order valence-electron chi connectivity index (χ0n) is 18.3. The van der Waals surface area contributed by atoms with E-state index in [1.807, 2.05) is 6.92 Å². The molecule has 4 N–H and O–H groups in total. The van der Waals surface area contributed by atoms with Gasteiger partial charge in [-0.2, -0.15) is 5.11 Å². The summed E-state index contributed by atoms with van der Waals surface area (Å²) in [5.41, 5.74) is 8.55. The van der Waals surface area contributed by atoms with Gasteiger partial charge >= 0.3 is 0 Å². The predicted octanol–water partition coefficient (Wildman–Crippen LogP) is 4.64. The first-order chi connectivity index (χ1) is 15.8. The van der Waals surface area contributed by atoms with Gasteiger partial charge in [-0.1, -0.05) is 31.7 Å². The number of ketones is 1. The first kappa shape index (κ1) is 23.5. The van der Waals surface area contributed by atoms with Crippen molar-refractivity contribution >= 4 is 34.9 Å². The van der Waals surface area contributed by atoms with E-state index in [2.05, 4.69) is 25.7 Å². The van der Waals surface area contributed by atoms with Gasteiger partial charge in [0.1, 0.15) is 6.10 Å². The third-order valence-electron chi connectivity index (χ3n) is 5.99. The number of hydrogen-bond acceptors (Lipinski definition) is 9. The third-order valence-corrected chi connectivity index (χ3v) is 7.04. The molecular weight excluding hydrogens is 450 g/mol. The summed E-state index contributed by atoms with van der Waals surface area (Å²) in [5, 5.41) is 20.4. The van der Waals surface area contributed by atoms with Crippen molar-refractivity contribution in [3.63, 3.8) is 0 Å². The summed E-state index contributed by atoms with van der Waals surface area (Å²) in [6, 6.07) is 3.17. The minimum absolute atomic E-state index is 0.0239. The molecule has 176 valence electrons. The quantitative estimate of drug-likeness (QED) is 0.236. The van der Waals surface area contributed by atoms with Crippen LogP contribution in [-0.4, -0.2) is 44.8 Å². The smallest absolute Gasteiger partial charge is 0.191 e. The molecule has 0 amide bonds. The van der Waals surface area contributed by atoms with Crippen LogP contribution in [0.15, 0.2) is 28.5 Å². The van der Waals surface area contributed by atoms with Gasteiger partial charge in [-0.3, -0.25) is 4.79 Å². The lowest BCUT2D eigenvalue weighted by Gasteiger charge is -2.17. The molecule has 0 saturated heterocycles. The Morgan fingerprint density at radius 2 is 1.94 bits per heavy atom. The van der Waals surface area contributed by atoms with Crippen LogP contribution in [-0.2, 0) is 4.79 Å². The largest absolute Gasteiger partial charge is 0.385 e. The topological polar surface area (TPSA) is 123 Å². The average Bonchev–Trinajstić information content (AvgIpc) is 3.52. The number of thioether (sulfide) groups is 1. The van der Waals surface area contributed by atoms with Crippen molar-refractivity contribution in [1.82, 2.24) is 9.97 Å². The van der Waals surface area contributed by atoms with Crippen LogP contribution in [0.5, 0.6) is 0 Å². The van der Waals surface area contributed by atoms with Crippen molar-refractivity contribution in [1.29, 1.82) is 5.53 Å². The number of nitrogens with one attached hydrogen (secondary N) is 3. The summed E-state index contributed by atoms with van der Waals surface area (Å²) in [6.07, 6.45) is 1.02. The number of Topliss-reactive ketones (excluding diaryl/α,β-unsaturated/α-hetero) is 1. The Morgan fingerprint density at radius 3 is 2.55 bits per heavy atom. The lowest BCUT2D eigenvalue weighted by atomic mass is 10.1. The molecule has 4 rings (SSSR count). The van der Waals surface area contributed by atoms with Crippen LogP contribution >= 0.6 is 11.8 Å². The molecule has 0 radical (unpaired) electrons. The van der Waals surface area contributed by atoms with E-state index in [9.17, 15) is 18.7 Å². The Bertz CT molecular complexity index is 1070. The van der Waals surface area contributed by atoms with Crippen LogP contribution in [0.2, 0.25) is 0 Å². The van der Waals surface area contributed by atoms with Crippen molar-refractivity contribution in [2.24, 2.45) is 11.0 Å². The van der Waals surface area contributed by atoms with E-state index in [0.29, 0.717) is 29.4 Å². The molecule has 0 bridgehead atoms. The van der Waals surface area contributed by atoms with Gasteiger partial charge in [0.25, 0.3) is 0 Å². The molecule has 8 nitrogen and oxygen atoms in total. The second-order valence-electron chi connectivity index (χ2n) is 8.54. The van der Waals surface area contributed by atoms with Gasteiger partial charge in [0.15, 0.2) is 39.9 Å². The number of carbonyl (C=O) groups is 1. The predicted molar refractivity (Wildman–Crippen MR) is 121 cm³/mol. The summed E-state index contributed by atoms with van der Waals surface area (Å²) < 4.78 is 26.9. The molecule has 2 aromatic rings. The lowest BCUT2D eigenvalue weighted by Crippen LogP contribution is -2.30. The first-order valence-corrected chi connectivity index (χ1v) is 11.9. The summed E-state index contributed by atoms with van der Waals surface area (Å²) in [5.74, 6) is -0.897. The van der Waals surface area contributed by atoms with Crippen molar-refractivity contribution in [2.45, 2.75) is 62.4 Å². The standard InChI is InChI=1S/C22H26F2N6O2S/c1-3-6-33-22-28-20(26-15-9-12(15)11-4-5-13(23)14(24)8-11)17(30-25)21(29-22)27-16-7-10(2)18(31)19(16)32/h4-5,8,10,12,15-16,18,25,31H,3,6-7,9H2,1-2H3,(H2,26,27,28,29)/t10-,12-,15+,16+,18+/m0/s1. The zero-order valence-corrected chi connectivity index (χ0v) is 19.1. The van der Waals surface area contributed by atoms with E-state index in [1.165, 1.54) is 17.8 Å². The number of hydrogen-bond donors (Lipinski definition) is 4. The lowest BCUT2D eigenvalue weighted by molar-refractivity contribution is -0.125. The van der Waals surface area contributed by atoms with E-state index in [4.69, 9.17) is 5.53 Å². The minimum Gasteiger partial charge on any atom is -0.385 e. The van der Waals surface area contributed by atoms with Gasteiger partial charge in [0, 0.05) is 17.7 Å². The molecule has 0 unspecified atom stereocenters. The van der Waals surface area contributed by atoms with Crippen LogP contribution < -0.4 is 10.6 Å². The average molecular weight is 477 g/mol. The molecule has 1 aromatic carbocycles. The highest BCUT2D eigenvalue weighted by atomic mass is 32.2. The molecule has 2 saturated carbocycles. The Hall–Kier alpha value is -2.66. The second kappa shape index (κ2) is 9.68. The van der Waals surface area contributed by atoms with Gasteiger partial charge in [-0.05, 0) is 42.9 Å². The Labute approximate surface area is 194 Å². The number of aliphatic hydroxyl groups is 1. The third kappa shape index (κ3) is 4.98. The van der Waals surface area contributed by atoms with E-state index < -0.39 is 23.8 Å². The fraction of sp³-hybridized carbons (Fsp3) is 0.500. The highest BCUT2D eigenvalue weighted by Gasteiger charge is 2.41. The number of aromatic nitrogens is 2. The number of rotatable bonds is 9. The van der Waals surface area contributed by atoms with Crippen molar-refractivity contribution < 1.29 is 18.7 Å². The fourth-order valence-corrected chi connectivity index (χ4v) is 4.74. The van der Waals surface area contributed by atoms with Crippen LogP contribution in [0.25, 0.3) is 0 Å². The highest BCUT2D eigenvalue weighted by Crippen LogP contribution is 2.45. The van der Waals surface area contributed by atoms with Gasteiger partial charge in [-0.15, -0.1) is 0 Å². The Morgan fingerprint density at radius 1 is 1.21 bits per heavy atom. The highest BCUT2D eigenvalue weighted by molar-refractivity contribution is 7.99. The molecule has 0 aliphatic heterocycles. The minimum atomic E-state index is -1.03. The molecule has 2 aliphatic rings. The molecule has 33 heavy (non-hydrogen) atoms. The molecule has 1 aromatic heterocycles. The van der Waals surface area contributed by atoms with Crippen LogP contribution in [0, 0.1) is 23.1 Å². The number of anilines is 2. The first-order valence-electron chi connectivity index (χ1n) is 10.9. The summed E-state index contributed by atoms with van der Waals surface area (Å²) >= 11 is 1.45. The Balaban J connectivity index is 1.58. The van der Waals surface area contributed by atoms with Crippen LogP contribution in [0.4, 0.5) is 26.1 Å². The number of aliphatic hydroxyl groups excluding tert-OH is 1. The monoisotopic (exact) mass is 476 g/mol. The number of benzene rings is 1. The van der Waals surface area contributed by atoms with Gasteiger partial charge in [0.05, 0.1) is 6.04 Å². The van der Waals surface area contributed by atoms with E-state index in [1.54, 1.807) is 13.0 Å². The van der Waals surface area contributed by atoms with E-state index in [-0.39, 0.29) is 35.2 Å². The maximum absolute atomic E-state index is 13.6. The molecule has 5 atom stereocenters. The summed E-state index contributed by atoms with van der Waals surface area (Å²) in [6.45, 7) is 3.84. The zero-order chi connectivity index (χ0) is 23.7. The van der Waals surface area contributed by atoms with Crippen LogP contribution in [0.3, 0.4) is 0 Å². The van der Waals surface area contributed by atoms with Gasteiger partial charge < -0.3 is 15.7 Å². The number of carbonyl (C=O) groups excluding carboxylic acids is 1. The van der Waals surface area contributed by atoms with Crippen molar-refractivity contribution in [3.05, 3.63) is 35.4 Å². The number of nitrogens with zero attached hydrogens (tertiary/aromatic N) is 3. The second-order valence-corrected chi connectivity index (χ2v) is 9.60. The summed E-state index contributed by atoms with van der Waals surface area (Å²) in [7, 11) is 0. The number of halogens is 2.